The van der Waals surface area contributed by atoms with E-state index in [1.807, 2.05) is 0 Å². The van der Waals surface area contributed by atoms with Crippen LogP contribution in [0.1, 0.15) is 86.7 Å². The molecule has 0 amide bonds. The van der Waals surface area contributed by atoms with Gasteiger partial charge in [0.15, 0.2) is 17.3 Å². The van der Waals surface area contributed by atoms with Crippen molar-refractivity contribution in [1.82, 2.24) is 38.9 Å². The lowest BCUT2D eigenvalue weighted by Gasteiger charge is -2.62. The van der Waals surface area contributed by atoms with Gasteiger partial charge in [-0.3, -0.25) is 34.8 Å². The lowest BCUT2D eigenvalue weighted by Crippen LogP contribution is -2.67. The van der Waals surface area contributed by atoms with E-state index in [0.717, 1.165) is 36.6 Å². The molecule has 35 heteroatoms. The van der Waals surface area contributed by atoms with E-state index < -0.39 is 114 Å². The first-order valence-corrected chi connectivity index (χ1v) is 40.3. The molecule has 0 bridgehead atoms. The third-order valence-electron chi connectivity index (χ3n) is 18.7. The van der Waals surface area contributed by atoms with Gasteiger partial charge in [0.05, 0.1) is 81.4 Å². The summed E-state index contributed by atoms with van der Waals surface area (Å²) >= 11 is 12.6. The summed E-state index contributed by atoms with van der Waals surface area (Å²) in [6.45, 7) is 16.2. The first-order chi connectivity index (χ1) is 45.9. The highest BCUT2D eigenvalue weighted by Gasteiger charge is 2.59. The Kier molecular flexibility index (Phi) is 21.9. The van der Waals surface area contributed by atoms with Crippen LogP contribution in [0.3, 0.4) is 0 Å². The van der Waals surface area contributed by atoms with Gasteiger partial charge in [0.1, 0.15) is 48.0 Å². The second-order valence-corrected chi connectivity index (χ2v) is 40.8. The Morgan fingerprint density at radius 2 is 0.980 bits per heavy atom. The molecule has 4 fully saturated rings. The topological polar surface area (TPSA) is 251 Å². The molecule has 536 valence electrons. The lowest BCUT2D eigenvalue weighted by molar-refractivity contribution is -0.386. The molecule has 2 aromatic carbocycles. The molecule has 23 nitrogen and oxygen atoms in total. The molecule has 4 aromatic heterocycles. The van der Waals surface area contributed by atoms with Crippen molar-refractivity contribution in [3.05, 3.63) is 101 Å². The number of aromatic nitrogens is 6. The minimum Gasteiger partial charge on any atom is -0.487 e. The van der Waals surface area contributed by atoms with Gasteiger partial charge in [0.2, 0.25) is 10.6 Å². The average Bonchev–Trinajstić information content (AvgIpc) is 1.06. The molecule has 2 N–H and O–H groups in total. The Hall–Kier alpha value is -6.44. The second kappa shape index (κ2) is 28.9. The van der Waals surface area contributed by atoms with Gasteiger partial charge < -0.3 is 48.2 Å². The summed E-state index contributed by atoms with van der Waals surface area (Å²) in [6.07, 6.45) is -5.94. The number of carbonyl (C=O) groups excluding carboxylic acids is 1. The van der Waals surface area contributed by atoms with E-state index in [-0.39, 0.29) is 144 Å². The van der Waals surface area contributed by atoms with E-state index in [1.54, 1.807) is 37.9 Å². The summed E-state index contributed by atoms with van der Waals surface area (Å²) in [5, 5.41) is 29.9. The van der Waals surface area contributed by atoms with Gasteiger partial charge in [-0.15, -0.1) is 0 Å². The molecule has 0 radical (unpaired) electrons. The molecule has 2 saturated heterocycles. The number of methoxy groups -OCH3 is 2. The number of nitro groups is 2. The predicted molar refractivity (Wildman–Crippen MR) is 354 cm³/mol. The largest absolute Gasteiger partial charge is 0.487 e. The van der Waals surface area contributed by atoms with Crippen molar-refractivity contribution < 1.29 is 78.2 Å². The fourth-order valence-electron chi connectivity index (χ4n) is 13.5. The van der Waals surface area contributed by atoms with Crippen LogP contribution in [0.2, 0.25) is 61.9 Å². The van der Waals surface area contributed by atoms with E-state index in [4.69, 9.17) is 51.6 Å². The van der Waals surface area contributed by atoms with Crippen LogP contribution >= 0.6 is 23.2 Å². The number of ketones is 1. The van der Waals surface area contributed by atoms with Crippen LogP contribution in [0.4, 0.5) is 58.1 Å². The van der Waals surface area contributed by atoms with Gasteiger partial charge in [-0.25, -0.2) is 18.7 Å². The highest BCUT2D eigenvalue weighted by atomic mass is 35.5. The zero-order valence-electron chi connectivity index (χ0n) is 55.9. The Morgan fingerprint density at radius 1 is 0.622 bits per heavy atom. The minimum absolute atomic E-state index is 0.0539. The van der Waals surface area contributed by atoms with E-state index in [9.17, 15) is 46.6 Å². The quantitative estimate of drug-likeness (QED) is 0.00994. The maximum absolute atomic E-state index is 17.2. The van der Waals surface area contributed by atoms with Crippen molar-refractivity contribution in [3.8, 4) is 11.5 Å². The summed E-state index contributed by atoms with van der Waals surface area (Å²) in [7, 11) is 0.0351. The number of Topliss-reactive ketones (excluding diaryl/α,β-unsaturated/α-hetero) is 1. The molecule has 2 aliphatic heterocycles. The van der Waals surface area contributed by atoms with Crippen LogP contribution < -0.4 is 20.1 Å². The molecule has 4 atom stereocenters. The van der Waals surface area contributed by atoms with Gasteiger partial charge in [-0.2, -0.15) is 36.3 Å². The van der Waals surface area contributed by atoms with E-state index >= 15 is 13.6 Å². The maximum Gasteiger partial charge on any atom is 0.418 e. The normalized spacial score (nSPS) is 18.1. The van der Waals surface area contributed by atoms with Crippen molar-refractivity contribution in [2.45, 2.75) is 166 Å². The first-order valence-electron chi connectivity index (χ1n) is 32.1. The number of nitro benzene ring substituents is 2. The molecular weight excluding hydrogens is 1380 g/mol. The Morgan fingerprint density at radius 3 is 1.30 bits per heavy atom. The van der Waals surface area contributed by atoms with Crippen molar-refractivity contribution >= 4 is 90.2 Å². The summed E-state index contributed by atoms with van der Waals surface area (Å²) in [5.41, 5.74) is -5.56. The fourth-order valence-corrected chi connectivity index (χ4v) is 15.3. The van der Waals surface area contributed by atoms with Crippen LogP contribution in [0.25, 0.3) is 22.1 Å². The molecule has 4 unspecified atom stereocenters. The zero-order chi connectivity index (χ0) is 71.4. The summed E-state index contributed by atoms with van der Waals surface area (Å²) in [4.78, 5) is 59.7. The van der Waals surface area contributed by atoms with Crippen molar-refractivity contribution in [3.63, 3.8) is 0 Å². The fraction of sp³-hybridized carbons (Fsp3) is 0.603. The molecule has 10 rings (SSSR count). The molecule has 6 aromatic rings. The number of likely N-dealkylation sites (tertiary alicyclic amines) is 2. The summed E-state index contributed by atoms with van der Waals surface area (Å²) in [5.74, 6) is -4.65. The number of carbonyl (C=O) groups is 1. The highest BCUT2D eigenvalue weighted by molar-refractivity contribution is 6.76. The van der Waals surface area contributed by atoms with Crippen LogP contribution in [0.5, 0.6) is 11.5 Å². The number of nitrogens with one attached hydrogen (secondary N) is 2. The Labute approximate surface area is 571 Å². The van der Waals surface area contributed by atoms with Gasteiger partial charge in [-0.05, 0) is 87.0 Å². The van der Waals surface area contributed by atoms with Crippen LogP contribution in [-0.2, 0) is 49.6 Å². The molecule has 98 heavy (non-hydrogen) atoms. The first kappa shape index (κ1) is 74.3. The van der Waals surface area contributed by atoms with Gasteiger partial charge in [-0.1, -0.05) is 39.3 Å². The molecule has 2 saturated carbocycles. The third-order valence-corrected chi connectivity index (χ3v) is 22.4. The molecule has 4 aliphatic rings. The SMILES string of the molecule is COC1CC2(C1)CN(C(C(=O)C(c1cc(OCCC(C)Nc3nc(Cl)nc4c3c(C(F)(F)F)cn4COCC[Si](C)(C)C)c([N+](=O)[O-])cc1F)N1CC3(CC(OC)C3)C1)c1cc(OCCC(C)Nc3nc(Cl)nc4c3c(C(F)(F)F)cn4COCC[Si](C)(C)C)c([N+](=O)[O-])cc1F)C2. The predicted octanol–water partition coefficient (Wildman–Crippen LogP) is 14.4. The van der Waals surface area contributed by atoms with Crippen LogP contribution in [0.15, 0.2) is 36.7 Å². The number of rotatable bonds is 32. The van der Waals surface area contributed by atoms with Crippen molar-refractivity contribution in [1.29, 1.82) is 0 Å². The number of nitrogens with zero attached hydrogens (tertiary/aromatic N) is 10. The van der Waals surface area contributed by atoms with Gasteiger partial charge in [0.25, 0.3) is 0 Å². The van der Waals surface area contributed by atoms with Gasteiger partial charge >= 0.3 is 23.7 Å². The average molecular weight is 1460 g/mol. The molecule has 2 aliphatic carbocycles. The molecular formula is C63H80Cl2F8N12O11Si2. The van der Waals surface area contributed by atoms with E-state index in [2.05, 4.69) is 69.9 Å². The highest BCUT2D eigenvalue weighted by Crippen LogP contribution is 2.56. The monoisotopic (exact) mass is 1460 g/mol. The summed E-state index contributed by atoms with van der Waals surface area (Å²) in [6, 6.07) is 0.0802. The van der Waals surface area contributed by atoms with Crippen molar-refractivity contribution in [2.24, 2.45) is 10.8 Å². The number of benzene rings is 2. The smallest absolute Gasteiger partial charge is 0.418 e. The number of halogens is 10. The second-order valence-electron chi connectivity index (χ2n) is 28.9. The molecule has 6 heterocycles. The Bertz CT molecular complexity index is 3700. The molecule has 2 spiro atoms. The maximum atomic E-state index is 17.2. The van der Waals surface area contributed by atoms with Gasteiger partial charge in [0, 0.05) is 129 Å². The number of ether oxygens (including phenoxy) is 6. The number of hydrogen-bond acceptors (Lipinski definition) is 19. The Balaban J connectivity index is 0.933. The van der Waals surface area contributed by atoms with Crippen molar-refractivity contribution in [2.75, 3.05) is 77.5 Å². The van der Waals surface area contributed by atoms with Crippen LogP contribution in [0, 0.1) is 42.7 Å². The van der Waals surface area contributed by atoms with E-state index in [1.165, 1.54) is 9.13 Å². The summed E-state index contributed by atoms with van der Waals surface area (Å²) < 4.78 is 160. The lowest BCUT2D eigenvalue weighted by atomic mass is 9.60. The standard InChI is InChI=1S/C63H80Cl2F8N12O11Si2/c1-35(74-54-49-41(62(68,69)70)27-80(56(49)78-58(64)76-54)33-93-15-17-97(5,6)7)11-13-95-47-19-39(43(66)21-45(47)84(87)88)51(82-29-60(30-82)23-37(24-60)91-3)53(86)52(83-31-61(32-83)25-38(26-61)92-4)40-20-48(46(85(89)90)22-44(40)67)96-14-12-36(2)75-55-50-42(63(71,72)73)28-81(57(50)79-59(65)77-55)34-94-16-18-98(8,9)10/h19-22,27-28,35-38,51-52H,11-18,23-26,29-34H2,1-10H3,(H,74,76,78)(H,75,77,79). The number of alkyl halides is 6. The number of fused-ring (bicyclic) bond motifs is 2. The van der Waals surface area contributed by atoms with Crippen LogP contribution in [-0.4, -0.2) is 162 Å². The zero-order valence-corrected chi connectivity index (χ0v) is 59.4. The third kappa shape index (κ3) is 16.6. The number of hydrogen-bond donors (Lipinski definition) is 2. The number of anilines is 2. The van der Waals surface area contributed by atoms with E-state index in [0.29, 0.717) is 51.0 Å². The minimum atomic E-state index is -4.86.